The fourth-order valence-electron chi connectivity index (χ4n) is 1.78. The molecule has 0 bridgehead atoms. The van der Waals surface area contributed by atoms with Gasteiger partial charge in [0.05, 0.1) is 23.0 Å². The van der Waals surface area contributed by atoms with Gasteiger partial charge in [0, 0.05) is 11.6 Å². The molecule has 7 nitrogen and oxygen atoms in total. The molecule has 0 spiro atoms. The molecule has 0 radical (unpaired) electrons. The second-order valence-corrected chi connectivity index (χ2v) is 5.39. The van der Waals surface area contributed by atoms with Crippen LogP contribution in [0.2, 0.25) is 0 Å². The Morgan fingerprint density at radius 3 is 2.71 bits per heavy atom. The van der Waals surface area contributed by atoms with E-state index in [0.29, 0.717) is 0 Å². The Labute approximate surface area is 141 Å². The Morgan fingerprint density at radius 1 is 1.38 bits per heavy atom. The third kappa shape index (κ3) is 3.85. The molecule has 1 amide bonds. The van der Waals surface area contributed by atoms with E-state index in [-0.39, 0.29) is 28.6 Å². The van der Waals surface area contributed by atoms with Gasteiger partial charge in [0.1, 0.15) is 24.6 Å². The number of ether oxygens (including phenoxy) is 1. The molecule has 11 heteroatoms. The summed E-state index contributed by atoms with van der Waals surface area (Å²) in [6, 6.07) is 1.68. The zero-order valence-corrected chi connectivity index (χ0v) is 13.5. The highest BCUT2D eigenvalue weighted by Gasteiger charge is 2.15. The lowest BCUT2D eigenvalue weighted by molar-refractivity contribution is 0.164. The van der Waals surface area contributed by atoms with Crippen molar-refractivity contribution in [1.82, 2.24) is 14.3 Å². The van der Waals surface area contributed by atoms with Gasteiger partial charge >= 0.3 is 11.8 Å². The van der Waals surface area contributed by atoms with Gasteiger partial charge in [-0.05, 0) is 22.0 Å². The van der Waals surface area contributed by atoms with Gasteiger partial charge in [-0.2, -0.15) is 5.10 Å². The van der Waals surface area contributed by atoms with E-state index in [1.54, 1.807) is 0 Å². The van der Waals surface area contributed by atoms with Gasteiger partial charge < -0.3 is 10.5 Å². The minimum absolute atomic E-state index is 0.101. The van der Waals surface area contributed by atoms with Crippen LogP contribution in [0.25, 0.3) is 5.69 Å². The summed E-state index contributed by atoms with van der Waals surface area (Å²) in [7, 11) is 0. The molecule has 0 saturated carbocycles. The molecule has 2 rings (SSSR count). The van der Waals surface area contributed by atoms with Gasteiger partial charge in [0.25, 0.3) is 0 Å². The van der Waals surface area contributed by atoms with Gasteiger partial charge in [-0.1, -0.05) is 0 Å². The molecule has 0 aliphatic rings. The maximum Gasteiger partial charge on any atom is 0.404 e. The number of primary amides is 1. The molecule has 0 fully saturated rings. The largest absolute Gasteiger partial charge is 0.445 e. The van der Waals surface area contributed by atoms with Gasteiger partial charge in [0.15, 0.2) is 0 Å². The fraction of sp³-hybridized carbons (Fsp3) is 0.154. The van der Waals surface area contributed by atoms with Crippen molar-refractivity contribution < 1.29 is 22.7 Å². The van der Waals surface area contributed by atoms with Crippen LogP contribution in [0.4, 0.5) is 18.0 Å². The molecule has 0 aliphatic carbocycles. The number of rotatable bonds is 5. The summed E-state index contributed by atoms with van der Waals surface area (Å²) in [6.45, 7) is -0.845. The molecule has 2 aromatic rings. The van der Waals surface area contributed by atoms with Crippen LogP contribution in [-0.4, -0.2) is 27.0 Å². The van der Waals surface area contributed by atoms with Crippen LogP contribution >= 0.6 is 15.9 Å². The first-order valence-corrected chi connectivity index (χ1v) is 7.12. The molecule has 0 saturated heterocycles. The third-order valence-corrected chi connectivity index (χ3v) is 3.50. The molecule has 2 N–H and O–H groups in total. The fourth-order valence-corrected chi connectivity index (χ4v) is 2.09. The number of nitrogens with zero attached hydrogens (tertiary/aromatic N) is 3. The zero-order chi connectivity index (χ0) is 17.9. The van der Waals surface area contributed by atoms with E-state index in [1.165, 1.54) is 0 Å². The SMILES string of the molecule is NC(=O)OCC(=CF)Cn1ncn(-c2cc(F)c(Br)cc2F)c1=O. The third-order valence-electron chi connectivity index (χ3n) is 2.89. The van der Waals surface area contributed by atoms with Crippen molar-refractivity contribution in [3.05, 3.63) is 57.0 Å². The maximum atomic E-state index is 13.9. The van der Waals surface area contributed by atoms with Crippen molar-refractivity contribution in [2.45, 2.75) is 6.54 Å². The van der Waals surface area contributed by atoms with E-state index < -0.39 is 30.0 Å². The first-order chi connectivity index (χ1) is 11.3. The Morgan fingerprint density at radius 2 is 2.08 bits per heavy atom. The number of aromatic nitrogens is 3. The highest BCUT2D eigenvalue weighted by Crippen LogP contribution is 2.21. The van der Waals surface area contributed by atoms with Gasteiger partial charge in [-0.3, -0.25) is 0 Å². The highest BCUT2D eigenvalue weighted by atomic mass is 79.9. The first-order valence-electron chi connectivity index (χ1n) is 6.33. The standard InChI is InChI=1S/C13H10BrF3N4O3/c14-8-1-10(17)11(2-9(8)16)20-6-19-21(13(20)23)4-7(3-15)5-24-12(18)22/h1-3,6H,4-5H2,(H2,18,22). The lowest BCUT2D eigenvalue weighted by atomic mass is 10.3. The zero-order valence-electron chi connectivity index (χ0n) is 11.9. The molecule has 24 heavy (non-hydrogen) atoms. The second-order valence-electron chi connectivity index (χ2n) is 4.53. The summed E-state index contributed by atoms with van der Waals surface area (Å²) in [4.78, 5) is 22.7. The number of carbonyl (C=O) groups is 1. The number of amides is 1. The van der Waals surface area contributed by atoms with E-state index in [4.69, 9.17) is 5.73 Å². The smallest absolute Gasteiger partial charge is 0.404 e. The quantitative estimate of drug-likeness (QED) is 0.768. The minimum Gasteiger partial charge on any atom is -0.445 e. The second kappa shape index (κ2) is 7.34. The van der Waals surface area contributed by atoms with Crippen LogP contribution in [0.15, 0.2) is 39.6 Å². The molecular formula is C13H10BrF3N4O3. The monoisotopic (exact) mass is 406 g/mol. The molecule has 1 aromatic carbocycles. The van der Waals surface area contributed by atoms with Crippen LogP contribution in [0.5, 0.6) is 0 Å². The lowest BCUT2D eigenvalue weighted by Gasteiger charge is -2.06. The average molecular weight is 407 g/mol. The number of carbonyl (C=O) groups excluding carboxylic acids is 1. The number of halogens is 4. The van der Waals surface area contributed by atoms with E-state index in [2.05, 4.69) is 25.8 Å². The summed E-state index contributed by atoms with van der Waals surface area (Å²) in [6.07, 6.45) is -0.0210. The topological polar surface area (TPSA) is 92.1 Å². The summed E-state index contributed by atoms with van der Waals surface area (Å²) >= 11 is 2.82. The minimum atomic E-state index is -1.11. The summed E-state index contributed by atoms with van der Waals surface area (Å²) in [5.41, 5.74) is 3.46. The molecule has 1 aromatic heterocycles. The van der Waals surface area contributed by atoms with Crippen LogP contribution in [-0.2, 0) is 11.3 Å². The Hall–Kier alpha value is -2.56. The van der Waals surface area contributed by atoms with Gasteiger partial charge in [-0.15, -0.1) is 0 Å². The van der Waals surface area contributed by atoms with Crippen molar-refractivity contribution in [3.8, 4) is 5.69 Å². The van der Waals surface area contributed by atoms with Crippen LogP contribution < -0.4 is 11.4 Å². The molecule has 128 valence electrons. The number of hydrogen-bond acceptors (Lipinski definition) is 4. The molecule has 0 aliphatic heterocycles. The summed E-state index contributed by atoms with van der Waals surface area (Å²) in [5, 5.41) is 3.69. The average Bonchev–Trinajstić information content (AvgIpc) is 2.88. The number of hydrogen-bond donors (Lipinski definition) is 1. The van der Waals surface area contributed by atoms with E-state index >= 15 is 0 Å². The lowest BCUT2D eigenvalue weighted by Crippen LogP contribution is -2.26. The van der Waals surface area contributed by atoms with Crippen molar-refractivity contribution in [2.24, 2.45) is 5.73 Å². The van der Waals surface area contributed by atoms with Crippen LogP contribution in [0.1, 0.15) is 0 Å². The van der Waals surface area contributed by atoms with E-state index in [9.17, 15) is 22.8 Å². The molecular weight excluding hydrogens is 397 g/mol. The van der Waals surface area contributed by atoms with Crippen LogP contribution in [0.3, 0.4) is 0 Å². The summed E-state index contributed by atoms with van der Waals surface area (Å²) in [5.74, 6) is -1.63. The maximum absolute atomic E-state index is 13.9. The Kier molecular flexibility index (Phi) is 5.44. The Bertz CT molecular complexity index is 863. The molecule has 0 unspecified atom stereocenters. The van der Waals surface area contributed by atoms with Gasteiger partial charge in [0.2, 0.25) is 0 Å². The first kappa shape index (κ1) is 17.8. The predicted molar refractivity (Wildman–Crippen MR) is 80.2 cm³/mol. The number of benzene rings is 1. The van der Waals surface area contributed by atoms with Gasteiger partial charge in [-0.25, -0.2) is 32.0 Å². The predicted octanol–water partition coefficient (Wildman–Crippen LogP) is 2.02. The Balaban J connectivity index is 2.31. The van der Waals surface area contributed by atoms with E-state index in [1.807, 2.05) is 0 Å². The molecule has 0 atom stereocenters. The van der Waals surface area contributed by atoms with Crippen LogP contribution in [0, 0.1) is 11.6 Å². The molecule has 1 heterocycles. The van der Waals surface area contributed by atoms with Crippen molar-refractivity contribution >= 4 is 22.0 Å². The van der Waals surface area contributed by atoms with Crippen molar-refractivity contribution in [1.29, 1.82) is 0 Å². The normalized spacial score (nSPS) is 11.6. The summed E-state index contributed by atoms with van der Waals surface area (Å²) < 4.78 is 46.1. The highest BCUT2D eigenvalue weighted by molar-refractivity contribution is 9.10. The van der Waals surface area contributed by atoms with Crippen molar-refractivity contribution in [2.75, 3.05) is 6.61 Å². The van der Waals surface area contributed by atoms with Crippen molar-refractivity contribution in [3.63, 3.8) is 0 Å². The van der Waals surface area contributed by atoms with E-state index in [0.717, 1.165) is 27.7 Å². The number of nitrogens with two attached hydrogens (primary N) is 1.